The van der Waals surface area contributed by atoms with Crippen molar-refractivity contribution in [2.24, 2.45) is 0 Å². The summed E-state index contributed by atoms with van der Waals surface area (Å²) in [4.78, 5) is -0.373. The van der Waals surface area contributed by atoms with Gasteiger partial charge in [0.05, 0.1) is 4.83 Å². The second-order valence-corrected chi connectivity index (χ2v) is 5.01. The number of alkyl halides is 1. The van der Waals surface area contributed by atoms with Crippen LogP contribution in [0.3, 0.4) is 0 Å². The van der Waals surface area contributed by atoms with Crippen LogP contribution in [0.4, 0.5) is 13.2 Å². The Morgan fingerprint density at radius 1 is 0.889 bits per heavy atom. The molecule has 1 atom stereocenters. The number of hydrogen-bond acceptors (Lipinski definition) is 0. The van der Waals surface area contributed by atoms with Crippen molar-refractivity contribution in [3.63, 3.8) is 0 Å². The van der Waals surface area contributed by atoms with Crippen molar-refractivity contribution in [2.45, 2.75) is 11.8 Å². The maximum Gasteiger partial charge on any atom is 0.159 e. The number of aryl methyl sites for hydroxylation is 1. The summed E-state index contributed by atoms with van der Waals surface area (Å²) in [6.45, 7) is 1.78. The summed E-state index contributed by atoms with van der Waals surface area (Å²) >= 11 is 3.37. The Hall–Kier alpha value is -1.29. The first-order valence-corrected chi connectivity index (χ1v) is 6.25. The zero-order valence-electron chi connectivity index (χ0n) is 9.55. The monoisotopic (exact) mass is 314 g/mol. The Balaban J connectivity index is 2.40. The fourth-order valence-electron chi connectivity index (χ4n) is 1.77. The lowest BCUT2D eigenvalue weighted by molar-refractivity contribution is 0.507. The highest BCUT2D eigenvalue weighted by molar-refractivity contribution is 9.09. The Bertz CT molecular complexity index is 561. The summed E-state index contributed by atoms with van der Waals surface area (Å²) in [5.41, 5.74) is 1.98. The van der Waals surface area contributed by atoms with Gasteiger partial charge in [0.2, 0.25) is 0 Å². The number of rotatable bonds is 2. The Morgan fingerprint density at radius 2 is 1.61 bits per heavy atom. The number of halogens is 4. The predicted octanol–water partition coefficient (Wildman–Crippen LogP) is 4.90. The van der Waals surface area contributed by atoms with Crippen LogP contribution in [0, 0.1) is 24.4 Å². The summed E-state index contributed by atoms with van der Waals surface area (Å²) in [7, 11) is 0. The van der Waals surface area contributed by atoms with E-state index >= 15 is 0 Å². The van der Waals surface area contributed by atoms with Gasteiger partial charge < -0.3 is 0 Å². The van der Waals surface area contributed by atoms with E-state index in [1.807, 2.05) is 0 Å². The lowest BCUT2D eigenvalue weighted by Crippen LogP contribution is -1.96. The normalized spacial score (nSPS) is 12.5. The molecule has 0 saturated heterocycles. The molecule has 0 spiro atoms. The van der Waals surface area contributed by atoms with Crippen LogP contribution < -0.4 is 0 Å². The molecule has 0 saturated carbocycles. The van der Waals surface area contributed by atoms with E-state index in [1.165, 1.54) is 18.2 Å². The van der Waals surface area contributed by atoms with Gasteiger partial charge in [-0.2, -0.15) is 0 Å². The smallest absolute Gasteiger partial charge is 0.159 e. The van der Waals surface area contributed by atoms with E-state index < -0.39 is 11.6 Å². The van der Waals surface area contributed by atoms with Gasteiger partial charge in [0.1, 0.15) is 5.82 Å². The molecule has 0 fully saturated rings. The molecular weight excluding hydrogens is 305 g/mol. The summed E-state index contributed by atoms with van der Waals surface area (Å²) in [6, 6.07) is 8.21. The maximum atomic E-state index is 13.3. The van der Waals surface area contributed by atoms with Crippen molar-refractivity contribution >= 4 is 15.9 Å². The van der Waals surface area contributed by atoms with Crippen LogP contribution in [0.5, 0.6) is 0 Å². The van der Waals surface area contributed by atoms with Crippen LogP contribution in [-0.4, -0.2) is 0 Å². The fourth-order valence-corrected chi connectivity index (χ4v) is 2.32. The van der Waals surface area contributed by atoms with Gasteiger partial charge >= 0.3 is 0 Å². The second-order valence-electron chi connectivity index (χ2n) is 4.10. The van der Waals surface area contributed by atoms with Gasteiger partial charge in [-0.1, -0.05) is 28.1 Å². The Labute approximate surface area is 112 Å². The molecule has 0 aromatic heterocycles. The fraction of sp³-hybridized carbons (Fsp3) is 0.143. The van der Waals surface area contributed by atoms with Crippen molar-refractivity contribution in [3.8, 4) is 0 Å². The molecule has 0 amide bonds. The van der Waals surface area contributed by atoms with Crippen LogP contribution in [-0.2, 0) is 0 Å². The van der Waals surface area contributed by atoms with E-state index in [1.54, 1.807) is 13.0 Å². The first kappa shape index (κ1) is 13.1. The van der Waals surface area contributed by atoms with Crippen molar-refractivity contribution < 1.29 is 13.2 Å². The van der Waals surface area contributed by atoms with Crippen molar-refractivity contribution in [2.75, 3.05) is 0 Å². The van der Waals surface area contributed by atoms with E-state index in [2.05, 4.69) is 15.9 Å². The van der Waals surface area contributed by atoms with E-state index in [0.29, 0.717) is 11.1 Å². The van der Waals surface area contributed by atoms with Gasteiger partial charge in [-0.25, -0.2) is 13.2 Å². The lowest BCUT2D eigenvalue weighted by atomic mass is 10.0. The highest BCUT2D eigenvalue weighted by Gasteiger charge is 2.14. The van der Waals surface area contributed by atoms with E-state index in [-0.39, 0.29) is 10.6 Å². The van der Waals surface area contributed by atoms with Crippen LogP contribution in [0.2, 0.25) is 0 Å². The van der Waals surface area contributed by atoms with Crippen molar-refractivity contribution in [1.29, 1.82) is 0 Å². The summed E-state index contributed by atoms with van der Waals surface area (Å²) < 4.78 is 39.3. The predicted molar refractivity (Wildman–Crippen MR) is 68.3 cm³/mol. The molecule has 0 aliphatic carbocycles. The number of benzene rings is 2. The topological polar surface area (TPSA) is 0 Å². The standard InChI is InChI=1S/C14H10BrF3/c1-8-4-10(6-11(16)5-8)14(15)9-2-3-12(17)13(18)7-9/h2-7,14H,1H3. The van der Waals surface area contributed by atoms with Gasteiger partial charge in [0.15, 0.2) is 11.6 Å². The second kappa shape index (κ2) is 5.14. The van der Waals surface area contributed by atoms with Crippen molar-refractivity contribution in [3.05, 3.63) is 70.5 Å². The molecule has 0 radical (unpaired) electrons. The highest BCUT2D eigenvalue weighted by Crippen LogP contribution is 2.32. The Kier molecular flexibility index (Phi) is 3.76. The molecular formula is C14H10BrF3. The maximum absolute atomic E-state index is 13.3. The molecule has 1 unspecified atom stereocenters. The SMILES string of the molecule is Cc1cc(F)cc(C(Br)c2ccc(F)c(F)c2)c1. The first-order chi connectivity index (χ1) is 8.47. The lowest BCUT2D eigenvalue weighted by Gasteiger charge is -2.12. The largest absolute Gasteiger partial charge is 0.207 e. The third kappa shape index (κ3) is 2.75. The first-order valence-electron chi connectivity index (χ1n) is 5.33. The van der Waals surface area contributed by atoms with Gasteiger partial charge in [0.25, 0.3) is 0 Å². The highest BCUT2D eigenvalue weighted by atomic mass is 79.9. The average Bonchev–Trinajstić information content (AvgIpc) is 2.30. The molecule has 0 heterocycles. The third-order valence-electron chi connectivity index (χ3n) is 2.59. The minimum absolute atomic E-state index is 0.350. The minimum atomic E-state index is -0.912. The zero-order chi connectivity index (χ0) is 13.3. The Morgan fingerprint density at radius 3 is 2.22 bits per heavy atom. The molecule has 0 N–H and O–H groups in total. The van der Waals surface area contributed by atoms with E-state index in [4.69, 9.17) is 0 Å². The summed E-state index contributed by atoms with van der Waals surface area (Å²) in [5.74, 6) is -2.16. The van der Waals surface area contributed by atoms with Crippen LogP contribution in [0.25, 0.3) is 0 Å². The summed E-state index contributed by atoms with van der Waals surface area (Å²) in [6.07, 6.45) is 0. The van der Waals surface area contributed by atoms with Gasteiger partial charge in [-0.15, -0.1) is 0 Å². The third-order valence-corrected chi connectivity index (χ3v) is 3.65. The van der Waals surface area contributed by atoms with Gasteiger partial charge in [-0.3, -0.25) is 0 Å². The molecule has 0 bridgehead atoms. The van der Waals surface area contributed by atoms with Crippen LogP contribution in [0.1, 0.15) is 21.5 Å². The average molecular weight is 315 g/mol. The molecule has 2 aromatic rings. The molecule has 0 aliphatic rings. The van der Waals surface area contributed by atoms with E-state index in [0.717, 1.165) is 17.7 Å². The van der Waals surface area contributed by atoms with Gasteiger partial charge in [-0.05, 0) is 47.9 Å². The van der Waals surface area contributed by atoms with Gasteiger partial charge in [0, 0.05) is 0 Å². The minimum Gasteiger partial charge on any atom is -0.207 e. The van der Waals surface area contributed by atoms with Crippen molar-refractivity contribution in [1.82, 2.24) is 0 Å². The molecule has 2 rings (SSSR count). The molecule has 2 aromatic carbocycles. The molecule has 94 valence electrons. The van der Waals surface area contributed by atoms with Crippen LogP contribution >= 0.6 is 15.9 Å². The van der Waals surface area contributed by atoms with Crippen LogP contribution in [0.15, 0.2) is 36.4 Å². The summed E-state index contributed by atoms with van der Waals surface area (Å²) in [5, 5.41) is 0. The number of hydrogen-bond donors (Lipinski definition) is 0. The zero-order valence-corrected chi connectivity index (χ0v) is 11.1. The molecule has 4 heteroatoms. The molecule has 18 heavy (non-hydrogen) atoms. The molecule has 0 nitrogen and oxygen atoms in total. The van der Waals surface area contributed by atoms with E-state index in [9.17, 15) is 13.2 Å². The molecule has 0 aliphatic heterocycles. The quantitative estimate of drug-likeness (QED) is 0.692.